The van der Waals surface area contributed by atoms with Crippen LogP contribution >= 0.6 is 0 Å². The van der Waals surface area contributed by atoms with Gasteiger partial charge in [-0.1, -0.05) is 13.3 Å². The topological polar surface area (TPSA) is 60.0 Å². The lowest BCUT2D eigenvalue weighted by atomic mass is 9.95. The molecule has 0 spiro atoms. The number of hydrogen-bond donors (Lipinski definition) is 2. The van der Waals surface area contributed by atoms with Gasteiger partial charge in [0.05, 0.1) is 33.0 Å². The van der Waals surface area contributed by atoms with E-state index in [-0.39, 0.29) is 12.1 Å². The third-order valence-electron chi connectivity index (χ3n) is 3.75. The zero-order valence-corrected chi connectivity index (χ0v) is 12.9. The quantitative estimate of drug-likeness (QED) is 0.501. The van der Waals surface area contributed by atoms with Gasteiger partial charge in [0.15, 0.2) is 0 Å². The number of aliphatic hydroxyl groups excluding tert-OH is 1. The molecule has 0 aromatic heterocycles. The Balaban J connectivity index is 1.83. The summed E-state index contributed by atoms with van der Waals surface area (Å²) in [6.45, 7) is 7.36. The number of aliphatic hydroxyl groups is 1. The van der Waals surface area contributed by atoms with Crippen LogP contribution in [0.15, 0.2) is 0 Å². The van der Waals surface area contributed by atoms with Crippen molar-refractivity contribution >= 4 is 0 Å². The first kappa shape index (κ1) is 17.9. The Morgan fingerprint density at radius 1 is 1.00 bits per heavy atom. The molecule has 1 unspecified atom stereocenters. The highest BCUT2D eigenvalue weighted by molar-refractivity contribution is 4.92. The highest BCUT2D eigenvalue weighted by atomic mass is 16.5. The molecule has 0 saturated carbocycles. The minimum Gasteiger partial charge on any atom is -0.394 e. The van der Waals surface area contributed by atoms with Crippen LogP contribution < -0.4 is 5.32 Å². The summed E-state index contributed by atoms with van der Waals surface area (Å²) in [5.74, 6) is 0. The average molecular weight is 289 g/mol. The first-order valence-corrected chi connectivity index (χ1v) is 7.92. The molecule has 1 aliphatic rings. The van der Waals surface area contributed by atoms with E-state index >= 15 is 0 Å². The molecule has 1 aliphatic heterocycles. The number of hydrogen-bond acceptors (Lipinski definition) is 5. The van der Waals surface area contributed by atoms with Gasteiger partial charge in [-0.2, -0.15) is 0 Å². The lowest BCUT2D eigenvalue weighted by Crippen LogP contribution is -2.44. The molecule has 0 bridgehead atoms. The maximum atomic E-state index is 9.42. The molecule has 5 heteroatoms. The van der Waals surface area contributed by atoms with Gasteiger partial charge < -0.3 is 24.6 Å². The van der Waals surface area contributed by atoms with Crippen LogP contribution in [0.2, 0.25) is 0 Å². The van der Waals surface area contributed by atoms with Gasteiger partial charge in [-0.25, -0.2) is 0 Å². The Labute approximate surface area is 123 Å². The third-order valence-corrected chi connectivity index (χ3v) is 3.75. The first-order chi connectivity index (χ1) is 9.83. The fourth-order valence-corrected chi connectivity index (χ4v) is 2.35. The van der Waals surface area contributed by atoms with E-state index in [0.717, 1.165) is 38.8 Å². The van der Waals surface area contributed by atoms with E-state index < -0.39 is 0 Å². The smallest absolute Gasteiger partial charge is 0.0701 e. The lowest BCUT2D eigenvalue weighted by molar-refractivity contribution is 0.00838. The van der Waals surface area contributed by atoms with Gasteiger partial charge in [-0.05, 0) is 32.2 Å². The molecule has 0 aromatic rings. The summed E-state index contributed by atoms with van der Waals surface area (Å²) in [5.41, 5.74) is -0.103. The van der Waals surface area contributed by atoms with E-state index in [0.29, 0.717) is 33.0 Å². The Morgan fingerprint density at radius 2 is 1.65 bits per heavy atom. The number of rotatable bonds is 13. The zero-order chi connectivity index (χ0) is 14.5. The second kappa shape index (κ2) is 11.5. The fraction of sp³-hybridized carbons (Fsp3) is 1.00. The molecule has 5 nitrogen and oxygen atoms in total. The summed E-state index contributed by atoms with van der Waals surface area (Å²) in [6, 6.07) is 0. The van der Waals surface area contributed by atoms with Gasteiger partial charge >= 0.3 is 0 Å². The summed E-state index contributed by atoms with van der Waals surface area (Å²) in [6.07, 6.45) is 5.33. The summed E-state index contributed by atoms with van der Waals surface area (Å²) >= 11 is 0. The molecule has 2 N–H and O–H groups in total. The Hall–Kier alpha value is -0.200. The van der Waals surface area contributed by atoms with Gasteiger partial charge in [0.2, 0.25) is 0 Å². The van der Waals surface area contributed by atoms with Crippen molar-refractivity contribution in [2.24, 2.45) is 0 Å². The van der Waals surface area contributed by atoms with Crippen molar-refractivity contribution in [3.8, 4) is 0 Å². The van der Waals surface area contributed by atoms with Gasteiger partial charge in [-0.15, -0.1) is 0 Å². The number of unbranched alkanes of at least 4 members (excludes halogenated alkanes) is 1. The zero-order valence-electron chi connectivity index (χ0n) is 12.9. The Kier molecular flexibility index (Phi) is 10.2. The minimum absolute atomic E-state index is 0.103. The number of nitrogens with one attached hydrogen (secondary N) is 1. The van der Waals surface area contributed by atoms with E-state index in [2.05, 4.69) is 12.2 Å². The van der Waals surface area contributed by atoms with Crippen molar-refractivity contribution in [2.45, 2.75) is 44.6 Å². The summed E-state index contributed by atoms with van der Waals surface area (Å²) in [4.78, 5) is 0. The molecule has 1 heterocycles. The van der Waals surface area contributed by atoms with Crippen LogP contribution in [0.25, 0.3) is 0 Å². The molecule has 120 valence electrons. The van der Waals surface area contributed by atoms with E-state index in [1.54, 1.807) is 0 Å². The second-order valence-electron chi connectivity index (χ2n) is 5.41. The summed E-state index contributed by atoms with van der Waals surface area (Å²) < 4.78 is 16.4. The predicted octanol–water partition coefficient (Wildman–Crippen LogP) is 1.34. The third kappa shape index (κ3) is 7.55. The maximum Gasteiger partial charge on any atom is 0.0701 e. The molecule has 0 aliphatic carbocycles. The van der Waals surface area contributed by atoms with Crippen molar-refractivity contribution in [3.63, 3.8) is 0 Å². The van der Waals surface area contributed by atoms with Crippen molar-refractivity contribution in [2.75, 3.05) is 52.8 Å². The number of ether oxygens (including phenoxy) is 3. The van der Waals surface area contributed by atoms with Crippen molar-refractivity contribution in [3.05, 3.63) is 0 Å². The highest BCUT2D eigenvalue weighted by Crippen LogP contribution is 2.22. The molecule has 1 saturated heterocycles. The minimum atomic E-state index is -0.103. The SMILES string of the molecule is CCCCOCCOCCOCCC1(CO)CCCN1. The fourth-order valence-electron chi connectivity index (χ4n) is 2.35. The molecule has 20 heavy (non-hydrogen) atoms. The van der Waals surface area contributed by atoms with Crippen LogP contribution in [0.4, 0.5) is 0 Å². The van der Waals surface area contributed by atoms with Crippen molar-refractivity contribution in [1.29, 1.82) is 0 Å². The van der Waals surface area contributed by atoms with E-state index in [1.165, 1.54) is 6.42 Å². The van der Waals surface area contributed by atoms with Crippen LogP contribution in [0.3, 0.4) is 0 Å². The van der Waals surface area contributed by atoms with Crippen LogP contribution in [0.1, 0.15) is 39.0 Å². The van der Waals surface area contributed by atoms with Crippen molar-refractivity contribution in [1.82, 2.24) is 5.32 Å². The van der Waals surface area contributed by atoms with Gasteiger partial charge in [0.1, 0.15) is 0 Å². The second-order valence-corrected chi connectivity index (χ2v) is 5.41. The molecule has 0 amide bonds. The largest absolute Gasteiger partial charge is 0.394 e. The molecule has 0 radical (unpaired) electrons. The summed E-state index contributed by atoms with van der Waals surface area (Å²) in [7, 11) is 0. The molecular formula is C15H31NO4. The lowest BCUT2D eigenvalue weighted by Gasteiger charge is -2.26. The van der Waals surface area contributed by atoms with E-state index in [4.69, 9.17) is 14.2 Å². The van der Waals surface area contributed by atoms with Crippen LogP contribution in [-0.4, -0.2) is 63.4 Å². The van der Waals surface area contributed by atoms with Crippen LogP contribution in [0.5, 0.6) is 0 Å². The van der Waals surface area contributed by atoms with Crippen LogP contribution in [-0.2, 0) is 14.2 Å². The molecule has 1 atom stereocenters. The maximum absolute atomic E-state index is 9.42. The molecule has 0 aromatic carbocycles. The molecule has 1 rings (SSSR count). The van der Waals surface area contributed by atoms with Gasteiger partial charge in [0.25, 0.3) is 0 Å². The van der Waals surface area contributed by atoms with Gasteiger partial charge in [0, 0.05) is 18.8 Å². The summed E-state index contributed by atoms with van der Waals surface area (Å²) in [5, 5.41) is 12.8. The first-order valence-electron chi connectivity index (χ1n) is 7.92. The average Bonchev–Trinajstić information content (AvgIpc) is 2.94. The normalized spacial score (nSPS) is 22.5. The van der Waals surface area contributed by atoms with Gasteiger partial charge in [-0.3, -0.25) is 0 Å². The van der Waals surface area contributed by atoms with Crippen molar-refractivity contribution < 1.29 is 19.3 Å². The molecule has 1 fully saturated rings. The Bertz CT molecular complexity index is 220. The predicted molar refractivity (Wildman–Crippen MR) is 79.0 cm³/mol. The Morgan fingerprint density at radius 3 is 2.20 bits per heavy atom. The van der Waals surface area contributed by atoms with E-state index in [1.807, 2.05) is 0 Å². The standard InChI is InChI=1S/C15H31NO4/c1-2-3-8-18-10-12-20-13-11-19-9-6-15(14-17)5-4-7-16-15/h16-17H,2-14H2,1H3. The van der Waals surface area contributed by atoms with E-state index in [9.17, 15) is 5.11 Å². The highest BCUT2D eigenvalue weighted by Gasteiger charge is 2.31. The molecular weight excluding hydrogens is 258 g/mol. The van der Waals surface area contributed by atoms with Crippen LogP contribution in [0, 0.1) is 0 Å². The monoisotopic (exact) mass is 289 g/mol.